The number of rotatable bonds is 8. The predicted octanol–water partition coefficient (Wildman–Crippen LogP) is 16.4. The van der Waals surface area contributed by atoms with Crippen molar-refractivity contribution < 1.29 is 39.9 Å². The molecule has 8 aromatic rings. The Hall–Kier alpha value is -5.57. The van der Waals surface area contributed by atoms with Gasteiger partial charge in [-0.25, -0.2) is 4.98 Å². The summed E-state index contributed by atoms with van der Waals surface area (Å²) in [6.07, 6.45) is -0.538. The first-order valence-corrected chi connectivity index (χ1v) is 21.9. The molecule has 0 aliphatic rings. The number of hydrogen-bond donors (Lipinski definition) is 1. The van der Waals surface area contributed by atoms with Crippen LogP contribution in [0, 0.1) is 6.07 Å². The van der Waals surface area contributed by atoms with Gasteiger partial charge in [0.15, 0.2) is 0 Å². The number of fused-ring (bicyclic) bond motifs is 1. The molecule has 65 heavy (non-hydrogen) atoms. The van der Waals surface area contributed by atoms with Gasteiger partial charge in [0.1, 0.15) is 11.6 Å². The van der Waals surface area contributed by atoms with E-state index in [-0.39, 0.29) is 55.1 Å². The summed E-state index contributed by atoms with van der Waals surface area (Å²) in [6, 6.07) is 27.1. The van der Waals surface area contributed by atoms with Crippen LogP contribution in [0.1, 0.15) is 143 Å². The number of phenolic OH excluding ortho intramolecular Hbond substituents is 1. The number of benzene rings is 6. The van der Waals surface area contributed by atoms with E-state index >= 15 is 0 Å². The predicted molar refractivity (Wildman–Crippen MR) is 271 cm³/mol. The van der Waals surface area contributed by atoms with Gasteiger partial charge in [0.25, 0.3) is 0 Å². The monoisotopic (exact) mass is 1050 g/mol. The third-order valence-corrected chi connectivity index (χ3v) is 11.9. The van der Waals surface area contributed by atoms with Gasteiger partial charge >= 0.3 is 0 Å². The molecular formula is C60H64N3OPt-. The Labute approximate surface area is 416 Å². The van der Waals surface area contributed by atoms with Crippen molar-refractivity contribution in [1.29, 1.82) is 0 Å². The number of para-hydroxylation sites is 1. The van der Waals surface area contributed by atoms with Crippen LogP contribution in [0.2, 0.25) is 0 Å². The van der Waals surface area contributed by atoms with Crippen molar-refractivity contribution in [2.75, 3.05) is 0 Å². The van der Waals surface area contributed by atoms with E-state index in [9.17, 15) is 6.48 Å². The van der Waals surface area contributed by atoms with Gasteiger partial charge in [0.2, 0.25) is 0 Å². The van der Waals surface area contributed by atoms with Crippen LogP contribution < -0.4 is 0 Å². The van der Waals surface area contributed by atoms with Crippen molar-refractivity contribution in [3.05, 3.63) is 167 Å². The van der Waals surface area contributed by atoms with Gasteiger partial charge in [-0.2, -0.15) is 0 Å². The van der Waals surface area contributed by atoms with Crippen molar-refractivity contribution in [3.8, 4) is 67.5 Å². The zero-order valence-electron chi connectivity index (χ0n) is 49.7. The zero-order chi connectivity index (χ0) is 54.7. The van der Waals surface area contributed by atoms with E-state index in [0.29, 0.717) is 39.1 Å². The van der Waals surface area contributed by atoms with Gasteiger partial charge in [-0.15, -0.1) is 29.3 Å². The second kappa shape index (κ2) is 18.0. The second-order valence-corrected chi connectivity index (χ2v) is 20.3. The maximum absolute atomic E-state index is 12.5. The Bertz CT molecular complexity index is 3510. The smallest absolute Gasteiger partial charge is 0.148 e. The molecule has 8 rings (SSSR count). The Morgan fingerprint density at radius 2 is 1.25 bits per heavy atom. The molecule has 0 spiro atoms. The van der Waals surface area contributed by atoms with Gasteiger partial charge in [-0.05, 0) is 97.3 Å². The van der Waals surface area contributed by atoms with Crippen molar-refractivity contribution in [3.63, 3.8) is 0 Å². The summed E-state index contributed by atoms with van der Waals surface area (Å²) in [7, 11) is 0. The molecule has 6 aromatic carbocycles. The molecule has 5 heteroatoms. The van der Waals surface area contributed by atoms with Gasteiger partial charge in [0, 0.05) is 46.9 Å². The molecule has 0 atom stereocenters. The number of phenols is 1. The number of nitrogens with zero attached hydrogens (tertiary/aromatic N) is 3. The van der Waals surface area contributed by atoms with Crippen LogP contribution in [0.15, 0.2) is 133 Å². The first-order valence-electron chi connectivity index (χ1n) is 26.9. The topological polar surface area (TPSA) is 50.9 Å². The minimum absolute atomic E-state index is 0. The molecule has 4 nitrogen and oxygen atoms in total. The van der Waals surface area contributed by atoms with Crippen molar-refractivity contribution in [2.24, 2.45) is 0 Å². The third-order valence-electron chi connectivity index (χ3n) is 11.9. The average molecular weight is 1050 g/mol. The first-order chi connectivity index (χ1) is 34.1. The summed E-state index contributed by atoms with van der Waals surface area (Å²) >= 11 is 0. The van der Waals surface area contributed by atoms with Crippen molar-refractivity contribution in [2.45, 2.75) is 118 Å². The van der Waals surface area contributed by atoms with E-state index in [2.05, 4.69) is 58.7 Å². The summed E-state index contributed by atoms with van der Waals surface area (Å²) in [5.74, 6) is -1.34. The van der Waals surface area contributed by atoms with E-state index in [1.807, 2.05) is 132 Å². The van der Waals surface area contributed by atoms with Crippen molar-refractivity contribution >= 4 is 11.0 Å². The Kier molecular flexibility index (Phi) is 9.88. The van der Waals surface area contributed by atoms with Gasteiger partial charge < -0.3 is 5.11 Å². The van der Waals surface area contributed by atoms with E-state index < -0.39 is 65.0 Å². The van der Waals surface area contributed by atoms with Crippen LogP contribution in [-0.4, -0.2) is 19.6 Å². The van der Waals surface area contributed by atoms with Crippen LogP contribution in [0.3, 0.4) is 0 Å². The fourth-order valence-corrected chi connectivity index (χ4v) is 8.26. The molecule has 0 bridgehead atoms. The number of imidazole rings is 1. The Balaban J connectivity index is 0.00000820. The molecule has 0 fully saturated rings. The fourth-order valence-electron chi connectivity index (χ4n) is 8.26. The largest absolute Gasteiger partial charge is 0.507 e. The van der Waals surface area contributed by atoms with Gasteiger partial charge in [-0.1, -0.05) is 186 Å². The molecule has 336 valence electrons. The summed E-state index contributed by atoms with van der Waals surface area (Å²) < 4.78 is 89.9. The standard InChI is InChI=1S/C60H64N3O.Pt/c1-37(2)47-21-17-22-48(38(3)4)54(47)40-25-27-46(28-26-40)63-53-24-18-23-49(55(53)62-57(63)50-35-45(59(8,9)10)36-51(56(50)64)60(11,12)13)42-31-43(33-44(32-42)58(5,6)7)52-34-41(29-30-61-52)39-19-15-14-16-20-39;/h14-30,32-38,64H,1-13H3;/q-1;/i14D,15D,16D,19D,20D,29D,30D,34D,37D,38D;. The van der Waals surface area contributed by atoms with Crippen LogP contribution in [0.25, 0.3) is 72.7 Å². The number of pyridine rings is 1. The molecule has 2 heterocycles. The molecule has 0 aliphatic heterocycles. The summed E-state index contributed by atoms with van der Waals surface area (Å²) in [5, 5.41) is 12.5. The molecule has 0 saturated heterocycles. The zero-order valence-corrected chi connectivity index (χ0v) is 42.0. The van der Waals surface area contributed by atoms with Crippen LogP contribution >= 0.6 is 0 Å². The molecular weight excluding hydrogens is 974 g/mol. The van der Waals surface area contributed by atoms with Gasteiger partial charge in [0.05, 0.1) is 27.6 Å². The van der Waals surface area contributed by atoms with Crippen molar-refractivity contribution in [1.82, 2.24) is 14.5 Å². The number of aromatic hydroxyl groups is 1. The minimum atomic E-state index is -0.958. The fraction of sp³-hybridized carbons (Fsp3) is 0.300. The van der Waals surface area contributed by atoms with Gasteiger partial charge in [-0.3, -0.25) is 9.55 Å². The summed E-state index contributed by atoms with van der Waals surface area (Å²) in [4.78, 5) is 9.92. The number of aromatic nitrogens is 3. The van der Waals surface area contributed by atoms with E-state index in [0.717, 1.165) is 44.6 Å². The Morgan fingerprint density at radius 1 is 0.646 bits per heavy atom. The maximum Gasteiger partial charge on any atom is 0.148 e. The van der Waals surface area contributed by atoms with E-state index in [4.69, 9.17) is 17.3 Å². The second-order valence-electron chi connectivity index (χ2n) is 20.3. The molecule has 1 N–H and O–H groups in total. The maximum atomic E-state index is 12.5. The molecule has 0 aliphatic carbocycles. The molecule has 2 aromatic heterocycles. The molecule has 0 amide bonds. The molecule has 0 unspecified atom stereocenters. The molecule has 0 radical (unpaired) electrons. The van der Waals surface area contributed by atoms with Crippen LogP contribution in [-0.2, 0) is 37.3 Å². The summed E-state index contributed by atoms with van der Waals surface area (Å²) in [6.45, 7) is 26.2. The first kappa shape index (κ1) is 35.7. The quantitative estimate of drug-likeness (QED) is 0.154. The number of hydrogen-bond acceptors (Lipinski definition) is 3. The van der Waals surface area contributed by atoms with Crippen LogP contribution in [0.5, 0.6) is 5.75 Å². The minimum Gasteiger partial charge on any atom is -0.507 e. The summed E-state index contributed by atoms with van der Waals surface area (Å²) in [5.41, 5.74) is 8.01. The normalized spacial score (nSPS) is 14.8. The van der Waals surface area contributed by atoms with E-state index in [1.54, 1.807) is 0 Å². The SMILES string of the molecule is [2H]c1nc(-c2[c-]c(-c3cccc4c3nc(-c3cc(C(C)(C)C)cc(C(C)(C)C)c3O)n4-c3ccc(-c4c(C([2H])(C)C)cccc4C([2H])(C)C)cc3)cc(C(C)(C)C)c2)c([2H])c(-c2c([2H])c([2H])c([2H])c([2H])c2[2H])c1[2H].[Pt]. The molecule has 0 saturated carbocycles. The Morgan fingerprint density at radius 3 is 1.85 bits per heavy atom. The third kappa shape index (κ3) is 9.43. The van der Waals surface area contributed by atoms with E-state index in [1.165, 1.54) is 0 Å². The van der Waals surface area contributed by atoms with Crippen LogP contribution in [0.4, 0.5) is 0 Å². The average Bonchev–Trinajstić information content (AvgIpc) is 3.70.